The van der Waals surface area contributed by atoms with Crippen molar-refractivity contribution in [2.24, 2.45) is 4.99 Å². The molecule has 1 rings (SSSR count). The van der Waals surface area contributed by atoms with E-state index in [4.69, 9.17) is 0 Å². The van der Waals surface area contributed by atoms with E-state index in [-0.39, 0.29) is 24.0 Å². The van der Waals surface area contributed by atoms with Crippen LogP contribution in [0.4, 0.5) is 0 Å². The Balaban J connectivity index is 0.00000289. The second kappa shape index (κ2) is 9.94. The Labute approximate surface area is 127 Å². The number of aliphatic imine (C=N–C) groups is 1. The first-order valence-electron chi connectivity index (χ1n) is 5.87. The minimum Gasteiger partial charge on any atom is -0.356 e. The minimum atomic E-state index is 0. The van der Waals surface area contributed by atoms with Gasteiger partial charge in [0.1, 0.15) is 0 Å². The third-order valence-corrected chi connectivity index (χ3v) is 2.43. The van der Waals surface area contributed by atoms with Crippen molar-refractivity contribution < 1.29 is 0 Å². The Morgan fingerprint density at radius 2 is 2.17 bits per heavy atom. The molecule has 0 radical (unpaired) electrons. The van der Waals surface area contributed by atoms with Crippen LogP contribution in [-0.4, -0.2) is 26.1 Å². The summed E-state index contributed by atoms with van der Waals surface area (Å²) >= 11 is 0. The number of hydrogen-bond donors (Lipinski definition) is 2. The van der Waals surface area contributed by atoms with Crippen molar-refractivity contribution in [3.05, 3.63) is 48.0 Å². The molecule has 0 unspecified atom stereocenters. The van der Waals surface area contributed by atoms with Gasteiger partial charge in [-0.15, -0.1) is 30.6 Å². The van der Waals surface area contributed by atoms with Crippen LogP contribution in [-0.2, 0) is 6.42 Å². The predicted molar refractivity (Wildman–Crippen MR) is 89.9 cm³/mol. The highest BCUT2D eigenvalue weighted by Gasteiger charge is 1.96. The number of hydrogen-bond acceptors (Lipinski definition) is 1. The maximum absolute atomic E-state index is 4.12. The van der Waals surface area contributed by atoms with Crippen LogP contribution in [0.5, 0.6) is 0 Å². The molecule has 1 aromatic carbocycles. The largest absolute Gasteiger partial charge is 0.356 e. The van der Waals surface area contributed by atoms with Gasteiger partial charge in [-0.3, -0.25) is 4.99 Å². The molecule has 2 N–H and O–H groups in total. The summed E-state index contributed by atoms with van der Waals surface area (Å²) in [4.78, 5) is 4.12. The number of rotatable bonds is 5. The minimum absolute atomic E-state index is 0. The zero-order valence-corrected chi connectivity index (χ0v) is 13.4. The van der Waals surface area contributed by atoms with E-state index in [0.717, 1.165) is 25.5 Å². The quantitative estimate of drug-likeness (QED) is 0.367. The summed E-state index contributed by atoms with van der Waals surface area (Å²) < 4.78 is 0. The van der Waals surface area contributed by atoms with Crippen LogP contribution < -0.4 is 10.6 Å². The Bertz CT molecular complexity index is 388. The molecule has 0 saturated carbocycles. The molecule has 0 aliphatic heterocycles. The Kier molecular flexibility index (Phi) is 9.36. The van der Waals surface area contributed by atoms with Crippen molar-refractivity contribution >= 4 is 29.9 Å². The van der Waals surface area contributed by atoms with Crippen molar-refractivity contribution in [3.63, 3.8) is 0 Å². The molecule has 18 heavy (non-hydrogen) atoms. The summed E-state index contributed by atoms with van der Waals surface area (Å²) in [5.74, 6) is 0.817. The molecule has 1 aromatic rings. The monoisotopic (exact) mass is 359 g/mol. The molecule has 3 nitrogen and oxygen atoms in total. The van der Waals surface area contributed by atoms with Crippen molar-refractivity contribution in [2.45, 2.75) is 13.3 Å². The highest BCUT2D eigenvalue weighted by molar-refractivity contribution is 14.0. The van der Waals surface area contributed by atoms with Crippen molar-refractivity contribution in [1.82, 2.24) is 10.6 Å². The molecule has 0 aliphatic rings. The maximum Gasteiger partial charge on any atom is 0.191 e. The van der Waals surface area contributed by atoms with E-state index in [1.54, 1.807) is 7.05 Å². The van der Waals surface area contributed by atoms with Gasteiger partial charge in [-0.05, 0) is 18.9 Å². The van der Waals surface area contributed by atoms with Gasteiger partial charge in [0.05, 0.1) is 0 Å². The van der Waals surface area contributed by atoms with Gasteiger partial charge in [0.25, 0.3) is 0 Å². The predicted octanol–water partition coefficient (Wildman–Crippen LogP) is 2.51. The molecule has 0 saturated heterocycles. The van der Waals surface area contributed by atoms with Gasteiger partial charge >= 0.3 is 0 Å². The van der Waals surface area contributed by atoms with E-state index in [1.807, 2.05) is 6.08 Å². The third-order valence-electron chi connectivity index (χ3n) is 2.43. The van der Waals surface area contributed by atoms with Gasteiger partial charge in [-0.1, -0.05) is 35.9 Å². The highest BCUT2D eigenvalue weighted by Crippen LogP contribution is 2.03. The fourth-order valence-corrected chi connectivity index (χ4v) is 1.58. The molecule has 100 valence electrons. The van der Waals surface area contributed by atoms with Crippen LogP contribution >= 0.6 is 24.0 Å². The topological polar surface area (TPSA) is 36.4 Å². The molecule has 4 heteroatoms. The third kappa shape index (κ3) is 6.64. The van der Waals surface area contributed by atoms with Crippen LogP contribution in [0.2, 0.25) is 0 Å². The first-order chi connectivity index (χ1) is 8.26. The Morgan fingerprint density at radius 1 is 1.39 bits per heavy atom. The molecule has 0 fully saturated rings. The zero-order chi connectivity index (χ0) is 12.5. The van der Waals surface area contributed by atoms with Gasteiger partial charge in [-0.2, -0.15) is 0 Å². The first kappa shape index (κ1) is 17.0. The van der Waals surface area contributed by atoms with Crippen LogP contribution in [0, 0.1) is 6.92 Å². The fraction of sp³-hybridized carbons (Fsp3) is 0.357. The van der Waals surface area contributed by atoms with Crippen LogP contribution in [0.1, 0.15) is 11.1 Å². The van der Waals surface area contributed by atoms with Gasteiger partial charge < -0.3 is 10.6 Å². The molecule has 0 spiro atoms. The Morgan fingerprint density at radius 3 is 2.78 bits per heavy atom. The van der Waals surface area contributed by atoms with E-state index in [2.05, 4.69) is 53.4 Å². The Hall–Kier alpha value is -1.04. The number of nitrogens with zero attached hydrogens (tertiary/aromatic N) is 1. The second-order valence-electron chi connectivity index (χ2n) is 3.91. The zero-order valence-electron chi connectivity index (χ0n) is 11.1. The summed E-state index contributed by atoms with van der Waals surface area (Å²) in [6.45, 7) is 7.37. The fourth-order valence-electron chi connectivity index (χ4n) is 1.58. The summed E-state index contributed by atoms with van der Waals surface area (Å²) in [5, 5.41) is 6.40. The molecule has 0 aliphatic carbocycles. The lowest BCUT2D eigenvalue weighted by Crippen LogP contribution is -2.38. The lowest BCUT2D eigenvalue weighted by Gasteiger charge is -2.10. The number of aryl methyl sites for hydroxylation is 1. The first-order valence-corrected chi connectivity index (χ1v) is 5.87. The van der Waals surface area contributed by atoms with Crippen molar-refractivity contribution in [1.29, 1.82) is 0 Å². The maximum atomic E-state index is 4.12. The standard InChI is InChI=1S/C14H21N3.HI/c1-4-9-16-14(15-3)17-10-8-13-7-5-6-12(2)11-13;/h4-7,11H,1,8-10H2,2-3H3,(H2,15,16,17);1H. The van der Waals surface area contributed by atoms with Crippen LogP contribution in [0.3, 0.4) is 0 Å². The normalized spacial score (nSPS) is 10.4. The highest BCUT2D eigenvalue weighted by atomic mass is 127. The van der Waals surface area contributed by atoms with E-state index in [0.29, 0.717) is 0 Å². The molecular weight excluding hydrogens is 337 g/mol. The number of nitrogens with one attached hydrogen (secondary N) is 2. The van der Waals surface area contributed by atoms with E-state index < -0.39 is 0 Å². The molecule has 0 amide bonds. The lowest BCUT2D eigenvalue weighted by atomic mass is 10.1. The average molecular weight is 359 g/mol. The smallest absolute Gasteiger partial charge is 0.191 e. The summed E-state index contributed by atoms with van der Waals surface area (Å²) in [7, 11) is 1.77. The molecular formula is C14H22IN3. The number of benzene rings is 1. The van der Waals surface area contributed by atoms with E-state index in [1.165, 1.54) is 11.1 Å². The summed E-state index contributed by atoms with van der Waals surface area (Å²) in [6.07, 6.45) is 2.81. The number of guanidine groups is 1. The van der Waals surface area contributed by atoms with Gasteiger partial charge in [-0.25, -0.2) is 0 Å². The SMILES string of the molecule is C=CCNC(=NC)NCCc1cccc(C)c1.I. The van der Waals surface area contributed by atoms with Crippen molar-refractivity contribution in [3.8, 4) is 0 Å². The van der Waals surface area contributed by atoms with Gasteiger partial charge in [0, 0.05) is 20.1 Å². The lowest BCUT2D eigenvalue weighted by molar-refractivity contribution is 0.821. The molecule has 0 heterocycles. The van der Waals surface area contributed by atoms with E-state index in [9.17, 15) is 0 Å². The van der Waals surface area contributed by atoms with Crippen molar-refractivity contribution in [2.75, 3.05) is 20.1 Å². The van der Waals surface area contributed by atoms with Crippen LogP contribution in [0.15, 0.2) is 41.9 Å². The van der Waals surface area contributed by atoms with E-state index >= 15 is 0 Å². The molecule has 0 atom stereocenters. The average Bonchev–Trinajstić information content (AvgIpc) is 2.33. The second-order valence-corrected chi connectivity index (χ2v) is 3.91. The molecule has 0 aromatic heterocycles. The van der Waals surface area contributed by atoms with Crippen LogP contribution in [0.25, 0.3) is 0 Å². The summed E-state index contributed by atoms with van der Waals surface area (Å²) in [5.41, 5.74) is 2.65. The summed E-state index contributed by atoms with van der Waals surface area (Å²) in [6, 6.07) is 8.56. The number of halogens is 1. The van der Waals surface area contributed by atoms with Gasteiger partial charge in [0.2, 0.25) is 0 Å². The van der Waals surface area contributed by atoms with Gasteiger partial charge in [0.15, 0.2) is 5.96 Å². The molecule has 0 bridgehead atoms.